The predicted octanol–water partition coefficient (Wildman–Crippen LogP) is 3.23. The third kappa shape index (κ3) is 2.77. The van der Waals surface area contributed by atoms with Crippen LogP contribution in [0.15, 0.2) is 0 Å². The van der Waals surface area contributed by atoms with Gasteiger partial charge in [0, 0.05) is 13.1 Å². The normalized spacial score (nSPS) is 17.1. The maximum absolute atomic E-state index is 9.39. The summed E-state index contributed by atoms with van der Waals surface area (Å²) in [6.07, 6.45) is 2.31. The molecule has 4 nitrogen and oxygen atoms in total. The van der Waals surface area contributed by atoms with E-state index in [0.29, 0.717) is 11.0 Å². The minimum atomic E-state index is 0.360. The third-order valence-electron chi connectivity index (χ3n) is 4.57. The molecule has 0 aliphatic carbocycles. The van der Waals surface area contributed by atoms with E-state index in [4.69, 9.17) is 0 Å². The van der Waals surface area contributed by atoms with Gasteiger partial charge in [-0.2, -0.15) is 10.4 Å². The molecule has 108 valence electrons. The molecule has 1 aromatic heterocycles. The fraction of sp³-hybridized carbons (Fsp3) is 0.688. The van der Waals surface area contributed by atoms with Gasteiger partial charge in [-0.25, -0.2) is 0 Å². The maximum Gasteiger partial charge on any atom is 0.169 e. The third-order valence-corrected chi connectivity index (χ3v) is 4.57. The summed E-state index contributed by atoms with van der Waals surface area (Å²) in [4.78, 5) is 2.22. The van der Waals surface area contributed by atoms with Crippen LogP contribution in [0.2, 0.25) is 0 Å². The van der Waals surface area contributed by atoms with Crippen molar-refractivity contribution in [2.75, 3.05) is 18.0 Å². The SMILES string of the molecule is Cc1nnc(N2CCC(C(C)(C)C)CC2)c(C#N)c1C. The number of hydrogen-bond acceptors (Lipinski definition) is 4. The Morgan fingerprint density at radius 2 is 1.75 bits per heavy atom. The highest BCUT2D eigenvalue weighted by Crippen LogP contribution is 2.35. The van der Waals surface area contributed by atoms with Crippen LogP contribution < -0.4 is 4.90 Å². The maximum atomic E-state index is 9.39. The Balaban J connectivity index is 2.20. The summed E-state index contributed by atoms with van der Waals surface area (Å²) in [5.74, 6) is 1.51. The van der Waals surface area contributed by atoms with Crippen molar-refractivity contribution in [1.82, 2.24) is 10.2 Å². The lowest BCUT2D eigenvalue weighted by molar-refractivity contribution is 0.198. The summed E-state index contributed by atoms with van der Waals surface area (Å²) >= 11 is 0. The summed E-state index contributed by atoms with van der Waals surface area (Å²) < 4.78 is 0. The highest BCUT2D eigenvalue weighted by Gasteiger charge is 2.30. The molecule has 1 saturated heterocycles. The van der Waals surface area contributed by atoms with E-state index in [2.05, 4.69) is 41.9 Å². The number of nitrogens with zero attached hydrogens (tertiary/aromatic N) is 4. The average molecular weight is 272 g/mol. The van der Waals surface area contributed by atoms with E-state index in [1.807, 2.05) is 13.8 Å². The second kappa shape index (κ2) is 5.40. The topological polar surface area (TPSA) is 52.8 Å². The van der Waals surface area contributed by atoms with Gasteiger partial charge in [0.2, 0.25) is 0 Å². The highest BCUT2D eigenvalue weighted by atomic mass is 15.3. The molecular formula is C16H24N4. The fourth-order valence-electron chi connectivity index (χ4n) is 2.91. The number of aryl methyl sites for hydroxylation is 1. The fourth-order valence-corrected chi connectivity index (χ4v) is 2.91. The van der Waals surface area contributed by atoms with E-state index >= 15 is 0 Å². The van der Waals surface area contributed by atoms with E-state index in [1.54, 1.807) is 0 Å². The van der Waals surface area contributed by atoms with E-state index < -0.39 is 0 Å². The minimum absolute atomic E-state index is 0.360. The molecule has 0 bridgehead atoms. The Morgan fingerprint density at radius 1 is 1.15 bits per heavy atom. The summed E-state index contributed by atoms with van der Waals surface area (Å²) in [6.45, 7) is 12.7. The van der Waals surface area contributed by atoms with Crippen molar-refractivity contribution in [3.63, 3.8) is 0 Å². The zero-order valence-electron chi connectivity index (χ0n) is 13.2. The second-order valence-corrected chi connectivity index (χ2v) is 6.85. The molecule has 0 unspecified atom stereocenters. The summed E-state index contributed by atoms with van der Waals surface area (Å²) in [5.41, 5.74) is 2.84. The lowest BCUT2D eigenvalue weighted by Gasteiger charge is -2.39. The molecule has 0 radical (unpaired) electrons. The first kappa shape index (κ1) is 14.8. The van der Waals surface area contributed by atoms with Crippen molar-refractivity contribution in [3.8, 4) is 6.07 Å². The molecule has 0 aromatic carbocycles. The van der Waals surface area contributed by atoms with Crippen molar-refractivity contribution in [2.45, 2.75) is 47.5 Å². The van der Waals surface area contributed by atoms with E-state index in [1.165, 1.54) is 0 Å². The van der Waals surface area contributed by atoms with E-state index in [9.17, 15) is 5.26 Å². The number of piperidine rings is 1. The van der Waals surface area contributed by atoms with Gasteiger partial charge < -0.3 is 4.90 Å². The molecule has 0 amide bonds. The molecule has 1 fully saturated rings. The summed E-state index contributed by atoms with van der Waals surface area (Å²) in [7, 11) is 0. The van der Waals surface area contributed by atoms with Crippen LogP contribution in [0.5, 0.6) is 0 Å². The van der Waals surface area contributed by atoms with E-state index in [0.717, 1.165) is 48.9 Å². The number of hydrogen-bond donors (Lipinski definition) is 0. The van der Waals surface area contributed by atoms with Gasteiger partial charge in [-0.1, -0.05) is 20.8 Å². The van der Waals surface area contributed by atoms with Crippen molar-refractivity contribution in [1.29, 1.82) is 5.26 Å². The molecule has 0 saturated carbocycles. The van der Waals surface area contributed by atoms with Gasteiger partial charge in [-0.3, -0.25) is 0 Å². The monoisotopic (exact) mass is 272 g/mol. The van der Waals surface area contributed by atoms with E-state index in [-0.39, 0.29) is 0 Å². The van der Waals surface area contributed by atoms with Gasteiger partial charge in [0.05, 0.1) is 5.69 Å². The molecule has 0 N–H and O–H groups in total. The zero-order chi connectivity index (χ0) is 14.9. The predicted molar refractivity (Wildman–Crippen MR) is 80.6 cm³/mol. The first-order chi connectivity index (χ1) is 9.34. The Bertz CT molecular complexity index is 529. The van der Waals surface area contributed by atoms with Crippen molar-refractivity contribution in [3.05, 3.63) is 16.8 Å². The average Bonchev–Trinajstić information content (AvgIpc) is 2.41. The van der Waals surface area contributed by atoms with Crippen molar-refractivity contribution < 1.29 is 0 Å². The molecule has 4 heteroatoms. The van der Waals surface area contributed by atoms with Crippen LogP contribution in [0, 0.1) is 36.5 Å². The van der Waals surface area contributed by atoms with Crippen LogP contribution in [-0.4, -0.2) is 23.3 Å². The van der Waals surface area contributed by atoms with Gasteiger partial charge >= 0.3 is 0 Å². The number of anilines is 1. The molecule has 2 heterocycles. The molecule has 0 spiro atoms. The standard InChI is InChI=1S/C16H24N4/c1-11-12(2)18-19-15(14(11)10-17)20-8-6-13(7-9-20)16(3,4)5/h13H,6-9H2,1-5H3. The molecule has 1 aliphatic rings. The molecule has 0 atom stereocenters. The largest absolute Gasteiger partial charge is 0.354 e. The van der Waals surface area contributed by atoms with Gasteiger partial charge in [-0.15, -0.1) is 5.10 Å². The smallest absolute Gasteiger partial charge is 0.169 e. The van der Waals surface area contributed by atoms with Crippen LogP contribution >= 0.6 is 0 Å². The minimum Gasteiger partial charge on any atom is -0.354 e. The lowest BCUT2D eigenvalue weighted by atomic mass is 9.75. The Labute approximate surface area is 121 Å². The number of aromatic nitrogens is 2. The van der Waals surface area contributed by atoms with Crippen LogP contribution in [0.3, 0.4) is 0 Å². The van der Waals surface area contributed by atoms with Gasteiger partial charge in [0.1, 0.15) is 11.6 Å². The van der Waals surface area contributed by atoms with Gasteiger partial charge in [-0.05, 0) is 43.6 Å². The Hall–Kier alpha value is -1.63. The molecule has 1 aromatic rings. The van der Waals surface area contributed by atoms with Crippen LogP contribution in [0.4, 0.5) is 5.82 Å². The van der Waals surface area contributed by atoms with Crippen LogP contribution in [0.1, 0.15) is 50.4 Å². The first-order valence-electron chi connectivity index (χ1n) is 7.33. The lowest BCUT2D eigenvalue weighted by Crippen LogP contribution is -2.39. The Kier molecular flexibility index (Phi) is 3.99. The molecule has 1 aliphatic heterocycles. The van der Waals surface area contributed by atoms with Crippen LogP contribution in [-0.2, 0) is 0 Å². The summed E-state index contributed by atoms with van der Waals surface area (Å²) in [6, 6.07) is 2.30. The zero-order valence-corrected chi connectivity index (χ0v) is 13.2. The van der Waals surface area contributed by atoms with Crippen molar-refractivity contribution in [2.24, 2.45) is 11.3 Å². The molecular weight excluding hydrogens is 248 g/mol. The van der Waals surface area contributed by atoms with Crippen molar-refractivity contribution >= 4 is 5.82 Å². The van der Waals surface area contributed by atoms with Gasteiger partial charge in [0.25, 0.3) is 0 Å². The van der Waals surface area contributed by atoms with Gasteiger partial charge in [0.15, 0.2) is 5.82 Å². The molecule has 2 rings (SSSR count). The van der Waals surface area contributed by atoms with Crippen LogP contribution in [0.25, 0.3) is 0 Å². The molecule has 20 heavy (non-hydrogen) atoms. The quantitative estimate of drug-likeness (QED) is 0.787. The number of nitriles is 1. The summed E-state index contributed by atoms with van der Waals surface area (Å²) in [5, 5.41) is 17.9. The Morgan fingerprint density at radius 3 is 2.25 bits per heavy atom. The second-order valence-electron chi connectivity index (χ2n) is 6.85. The first-order valence-corrected chi connectivity index (χ1v) is 7.33. The number of rotatable bonds is 1. The highest BCUT2D eigenvalue weighted by molar-refractivity contribution is 5.57.